The first kappa shape index (κ1) is 21.3. The molecule has 2 heterocycles. The topological polar surface area (TPSA) is 111 Å². The van der Waals surface area contributed by atoms with Gasteiger partial charge in [0.1, 0.15) is 5.56 Å². The molecule has 0 atom stereocenters. The van der Waals surface area contributed by atoms with Gasteiger partial charge in [-0.3, -0.25) is 14.6 Å². The minimum absolute atomic E-state index is 0.142. The number of aryl methyl sites for hydroxylation is 1. The Morgan fingerprint density at radius 2 is 1.86 bits per heavy atom. The minimum Gasteiger partial charge on any atom is -0.396 e. The molecule has 0 aliphatic carbocycles. The lowest BCUT2D eigenvalue weighted by molar-refractivity contribution is 0.0998. The van der Waals surface area contributed by atoms with E-state index >= 15 is 0 Å². The van der Waals surface area contributed by atoms with E-state index in [-0.39, 0.29) is 5.56 Å². The second-order valence-corrected chi connectivity index (χ2v) is 6.41. The molecule has 0 spiro atoms. The van der Waals surface area contributed by atoms with Crippen molar-refractivity contribution in [2.45, 2.75) is 20.3 Å². The van der Waals surface area contributed by atoms with Crippen molar-refractivity contribution in [2.75, 3.05) is 6.61 Å². The molecule has 0 bridgehead atoms. The van der Waals surface area contributed by atoms with Gasteiger partial charge in [0.15, 0.2) is 0 Å². The predicted molar refractivity (Wildman–Crippen MR) is 109 cm³/mol. The van der Waals surface area contributed by atoms with Crippen LogP contribution in [0.15, 0.2) is 53.6 Å². The molecule has 0 saturated heterocycles. The number of aromatic nitrogens is 3. The number of hydrogen-bond donors (Lipinski definition) is 2. The molecule has 3 aromatic rings. The van der Waals surface area contributed by atoms with Gasteiger partial charge in [-0.25, -0.2) is 0 Å². The molecule has 0 saturated carbocycles. The van der Waals surface area contributed by atoms with E-state index < -0.39 is 11.5 Å². The maximum atomic E-state index is 12.5. The third kappa shape index (κ3) is 5.25. The van der Waals surface area contributed by atoms with E-state index in [1.165, 1.54) is 12.3 Å². The number of nitrogens with zero attached hydrogens (tertiary/aromatic N) is 3. The zero-order chi connectivity index (χ0) is 20.7. The van der Waals surface area contributed by atoms with Crippen molar-refractivity contribution in [1.29, 1.82) is 0 Å². The molecule has 0 aliphatic heterocycles. The summed E-state index contributed by atoms with van der Waals surface area (Å²) in [6.45, 7) is 4.10. The number of amides is 1. The number of carbonyl (C=O) groups is 1. The summed E-state index contributed by atoms with van der Waals surface area (Å²) in [6.07, 6.45) is 4.03. The molecule has 0 radical (unpaired) electrons. The van der Waals surface area contributed by atoms with Crippen LogP contribution >= 0.6 is 11.6 Å². The molecule has 1 aromatic carbocycles. The molecule has 3 rings (SSSR count). The van der Waals surface area contributed by atoms with Gasteiger partial charge in [0, 0.05) is 23.4 Å². The SMILES string of the molecule is CCCO.Cc1cncc(-n2nc(-c3ccc(Cl)cc3)cc(C(N)=O)c2=O)c1. The number of benzene rings is 1. The van der Waals surface area contributed by atoms with Crippen LogP contribution in [0.25, 0.3) is 16.9 Å². The van der Waals surface area contributed by atoms with Crippen molar-refractivity contribution in [3.63, 3.8) is 0 Å². The Morgan fingerprint density at radius 1 is 1.21 bits per heavy atom. The largest absolute Gasteiger partial charge is 0.396 e. The zero-order valence-corrected chi connectivity index (χ0v) is 16.3. The average Bonchev–Trinajstić information content (AvgIpc) is 2.69. The Kier molecular flexibility index (Phi) is 7.43. The van der Waals surface area contributed by atoms with Crippen molar-refractivity contribution in [1.82, 2.24) is 14.8 Å². The summed E-state index contributed by atoms with van der Waals surface area (Å²) in [6, 6.07) is 10.0. The first-order chi connectivity index (χ1) is 13.4. The summed E-state index contributed by atoms with van der Waals surface area (Å²) in [5.41, 5.74) is 7.07. The second kappa shape index (κ2) is 9.77. The summed E-state index contributed by atoms with van der Waals surface area (Å²) in [7, 11) is 0. The van der Waals surface area contributed by atoms with Crippen LogP contribution in [0.2, 0.25) is 5.02 Å². The van der Waals surface area contributed by atoms with Crippen LogP contribution in [0.1, 0.15) is 29.3 Å². The van der Waals surface area contributed by atoms with Crippen LogP contribution in [-0.4, -0.2) is 32.4 Å². The minimum atomic E-state index is -0.813. The van der Waals surface area contributed by atoms with E-state index in [0.29, 0.717) is 28.6 Å². The number of pyridine rings is 1. The normalized spacial score (nSPS) is 10.1. The highest BCUT2D eigenvalue weighted by Gasteiger charge is 2.15. The molecule has 0 fully saturated rings. The van der Waals surface area contributed by atoms with E-state index in [4.69, 9.17) is 22.4 Å². The van der Waals surface area contributed by atoms with Crippen LogP contribution in [0.5, 0.6) is 0 Å². The number of aliphatic hydroxyl groups excluding tert-OH is 1. The Labute approximate surface area is 167 Å². The molecule has 3 N–H and O–H groups in total. The highest BCUT2D eigenvalue weighted by atomic mass is 35.5. The average molecular weight is 401 g/mol. The fraction of sp³-hybridized carbons (Fsp3) is 0.200. The van der Waals surface area contributed by atoms with Crippen molar-refractivity contribution in [3.8, 4) is 16.9 Å². The van der Waals surface area contributed by atoms with Crippen LogP contribution in [0.3, 0.4) is 0 Å². The van der Waals surface area contributed by atoms with Gasteiger partial charge in [-0.2, -0.15) is 9.78 Å². The smallest absolute Gasteiger partial charge is 0.284 e. The highest BCUT2D eigenvalue weighted by Crippen LogP contribution is 2.20. The summed E-state index contributed by atoms with van der Waals surface area (Å²) in [4.78, 5) is 28.2. The Hall–Kier alpha value is -3.03. The van der Waals surface area contributed by atoms with Crippen LogP contribution < -0.4 is 11.3 Å². The van der Waals surface area contributed by atoms with Gasteiger partial charge in [-0.1, -0.05) is 30.7 Å². The maximum Gasteiger partial charge on any atom is 0.284 e. The van der Waals surface area contributed by atoms with Crippen molar-refractivity contribution in [2.24, 2.45) is 5.73 Å². The summed E-state index contributed by atoms with van der Waals surface area (Å²) in [5, 5.41) is 12.8. The first-order valence-electron chi connectivity index (χ1n) is 8.60. The number of primary amides is 1. The Morgan fingerprint density at radius 3 is 2.39 bits per heavy atom. The van der Waals surface area contributed by atoms with Crippen LogP contribution in [0.4, 0.5) is 0 Å². The van der Waals surface area contributed by atoms with Gasteiger partial charge in [-0.05, 0) is 43.2 Å². The number of carbonyl (C=O) groups excluding carboxylic acids is 1. The lowest BCUT2D eigenvalue weighted by Gasteiger charge is -2.10. The van der Waals surface area contributed by atoms with Gasteiger partial charge in [0.05, 0.1) is 17.6 Å². The van der Waals surface area contributed by atoms with E-state index in [1.807, 2.05) is 13.8 Å². The lowest BCUT2D eigenvalue weighted by Crippen LogP contribution is -2.30. The third-order valence-corrected chi connectivity index (χ3v) is 3.90. The fourth-order valence-electron chi connectivity index (χ4n) is 2.26. The number of rotatable bonds is 4. The second-order valence-electron chi connectivity index (χ2n) is 5.98. The molecule has 146 valence electrons. The molecular weight excluding hydrogens is 380 g/mol. The highest BCUT2D eigenvalue weighted by molar-refractivity contribution is 6.30. The van der Waals surface area contributed by atoms with Crippen LogP contribution in [-0.2, 0) is 0 Å². The number of aliphatic hydroxyl groups is 1. The predicted octanol–water partition coefficient (Wildman–Crippen LogP) is 2.74. The van der Waals surface area contributed by atoms with Crippen molar-refractivity contribution < 1.29 is 9.90 Å². The molecule has 0 unspecified atom stereocenters. The Bertz CT molecular complexity index is 1010. The van der Waals surface area contributed by atoms with E-state index in [1.54, 1.807) is 36.5 Å². The zero-order valence-electron chi connectivity index (χ0n) is 15.6. The Balaban J connectivity index is 0.000000640. The summed E-state index contributed by atoms with van der Waals surface area (Å²) < 4.78 is 1.13. The molecule has 2 aromatic heterocycles. The van der Waals surface area contributed by atoms with Gasteiger partial charge in [-0.15, -0.1) is 0 Å². The molecule has 28 heavy (non-hydrogen) atoms. The standard InChI is InChI=1S/C17H13ClN4O2.C3H8O/c1-10-6-13(9-20-8-10)22-17(24)14(16(19)23)7-15(21-22)11-2-4-12(18)5-3-11;1-2-3-4/h2-9H,1H3,(H2,19,23);4H,2-3H2,1H3. The quantitative estimate of drug-likeness (QED) is 0.699. The molecule has 0 aliphatic rings. The summed E-state index contributed by atoms with van der Waals surface area (Å²) in [5.74, 6) is -0.813. The van der Waals surface area contributed by atoms with E-state index in [9.17, 15) is 9.59 Å². The maximum absolute atomic E-state index is 12.5. The lowest BCUT2D eigenvalue weighted by atomic mass is 10.1. The number of nitrogens with two attached hydrogens (primary N) is 1. The van der Waals surface area contributed by atoms with Gasteiger partial charge in [0.2, 0.25) is 0 Å². The fourth-order valence-corrected chi connectivity index (χ4v) is 2.39. The van der Waals surface area contributed by atoms with Crippen molar-refractivity contribution >= 4 is 17.5 Å². The third-order valence-electron chi connectivity index (χ3n) is 3.65. The monoisotopic (exact) mass is 400 g/mol. The molecule has 7 nitrogen and oxygen atoms in total. The molecule has 8 heteroatoms. The number of hydrogen-bond acceptors (Lipinski definition) is 5. The van der Waals surface area contributed by atoms with Crippen molar-refractivity contribution in [3.05, 3.63) is 75.3 Å². The number of halogens is 1. The van der Waals surface area contributed by atoms with E-state index in [0.717, 1.165) is 16.7 Å². The van der Waals surface area contributed by atoms with Crippen LogP contribution in [0, 0.1) is 6.92 Å². The van der Waals surface area contributed by atoms with Gasteiger partial charge >= 0.3 is 0 Å². The molecular formula is C20H21ClN4O3. The van der Waals surface area contributed by atoms with Gasteiger partial charge in [0.25, 0.3) is 11.5 Å². The molecule has 1 amide bonds. The summed E-state index contributed by atoms with van der Waals surface area (Å²) >= 11 is 5.89. The van der Waals surface area contributed by atoms with Gasteiger partial charge < -0.3 is 10.8 Å². The first-order valence-corrected chi connectivity index (χ1v) is 8.98. The van der Waals surface area contributed by atoms with E-state index in [2.05, 4.69) is 10.1 Å².